The first-order valence-electron chi connectivity index (χ1n) is 7.71. The minimum Gasteiger partial charge on any atom is -0.481 e. The fourth-order valence-corrected chi connectivity index (χ4v) is 3.23. The first-order valence-corrected chi connectivity index (χ1v) is 8.53. The standard InChI is InChI=1S/C17H19FN2O3S/c1-11-15(16(23)19-10-6-2-3-9-14(21)22)24-17(20-11)12-7-4-5-8-13(12)18/h4-5,7-8H,2-3,6,9-10H2,1H3,(H,19,23)(H,21,22). The highest BCUT2D eigenvalue weighted by Crippen LogP contribution is 2.29. The predicted molar refractivity (Wildman–Crippen MR) is 90.7 cm³/mol. The molecule has 0 radical (unpaired) electrons. The van der Waals surface area contributed by atoms with Crippen LogP contribution in [0.2, 0.25) is 0 Å². The van der Waals surface area contributed by atoms with Crippen LogP contribution in [0.25, 0.3) is 10.6 Å². The van der Waals surface area contributed by atoms with E-state index in [1.54, 1.807) is 25.1 Å². The SMILES string of the molecule is Cc1nc(-c2ccccc2F)sc1C(=O)NCCCCCC(=O)O. The molecule has 0 atom stereocenters. The molecule has 1 aromatic heterocycles. The molecule has 0 spiro atoms. The molecule has 1 amide bonds. The second-order valence-electron chi connectivity index (χ2n) is 5.37. The summed E-state index contributed by atoms with van der Waals surface area (Å²) in [4.78, 5) is 27.4. The lowest BCUT2D eigenvalue weighted by Gasteiger charge is -2.03. The molecule has 0 saturated carbocycles. The summed E-state index contributed by atoms with van der Waals surface area (Å²) in [5.74, 6) is -1.40. The summed E-state index contributed by atoms with van der Waals surface area (Å²) in [6.45, 7) is 2.20. The van der Waals surface area contributed by atoms with Crippen molar-refractivity contribution in [3.63, 3.8) is 0 Å². The number of halogens is 1. The van der Waals surface area contributed by atoms with Crippen LogP contribution in [0.3, 0.4) is 0 Å². The van der Waals surface area contributed by atoms with Gasteiger partial charge in [0.2, 0.25) is 0 Å². The lowest BCUT2D eigenvalue weighted by Crippen LogP contribution is -2.24. The number of aryl methyl sites for hydroxylation is 1. The Labute approximate surface area is 143 Å². The average molecular weight is 350 g/mol. The van der Waals surface area contributed by atoms with E-state index in [9.17, 15) is 14.0 Å². The van der Waals surface area contributed by atoms with Crippen LogP contribution in [-0.2, 0) is 4.79 Å². The number of amides is 1. The summed E-state index contributed by atoms with van der Waals surface area (Å²) in [7, 11) is 0. The Kier molecular flexibility index (Phi) is 6.43. The summed E-state index contributed by atoms with van der Waals surface area (Å²) in [6, 6.07) is 6.34. The summed E-state index contributed by atoms with van der Waals surface area (Å²) in [5.41, 5.74) is 0.958. The van der Waals surface area contributed by atoms with Crippen molar-refractivity contribution in [2.24, 2.45) is 0 Å². The number of carboxylic acid groups (broad SMARTS) is 1. The van der Waals surface area contributed by atoms with Crippen LogP contribution in [0.1, 0.15) is 41.0 Å². The first kappa shape index (κ1) is 18.1. The smallest absolute Gasteiger partial charge is 0.303 e. The van der Waals surface area contributed by atoms with Crippen molar-refractivity contribution >= 4 is 23.2 Å². The molecule has 1 heterocycles. The van der Waals surface area contributed by atoms with Crippen molar-refractivity contribution in [3.8, 4) is 10.6 Å². The number of rotatable bonds is 8. The Morgan fingerprint density at radius 1 is 1.25 bits per heavy atom. The molecule has 1 aromatic carbocycles. The van der Waals surface area contributed by atoms with Crippen LogP contribution in [0, 0.1) is 12.7 Å². The molecule has 7 heteroatoms. The van der Waals surface area contributed by atoms with Gasteiger partial charge in [0, 0.05) is 18.5 Å². The van der Waals surface area contributed by atoms with Gasteiger partial charge in [-0.2, -0.15) is 0 Å². The number of hydrogen-bond acceptors (Lipinski definition) is 4. The largest absolute Gasteiger partial charge is 0.481 e. The summed E-state index contributed by atoms with van der Waals surface area (Å²) >= 11 is 1.17. The average Bonchev–Trinajstić information content (AvgIpc) is 2.92. The van der Waals surface area contributed by atoms with E-state index in [-0.39, 0.29) is 18.1 Å². The number of nitrogens with zero attached hydrogens (tertiary/aromatic N) is 1. The Balaban J connectivity index is 1.91. The molecule has 0 aliphatic carbocycles. The molecule has 128 valence electrons. The fourth-order valence-electron chi connectivity index (χ4n) is 2.22. The molecule has 24 heavy (non-hydrogen) atoms. The molecule has 0 fully saturated rings. The van der Waals surface area contributed by atoms with Gasteiger partial charge in [0.05, 0.1) is 5.69 Å². The van der Waals surface area contributed by atoms with Gasteiger partial charge in [-0.1, -0.05) is 18.6 Å². The minimum atomic E-state index is -0.806. The zero-order valence-electron chi connectivity index (χ0n) is 13.3. The van der Waals surface area contributed by atoms with Crippen LogP contribution in [0.15, 0.2) is 24.3 Å². The fraction of sp³-hybridized carbons (Fsp3) is 0.353. The topological polar surface area (TPSA) is 79.3 Å². The second kappa shape index (κ2) is 8.54. The molecule has 0 unspecified atom stereocenters. The van der Waals surface area contributed by atoms with Crippen molar-refractivity contribution in [2.75, 3.05) is 6.54 Å². The van der Waals surface area contributed by atoms with Gasteiger partial charge in [-0.05, 0) is 31.9 Å². The van der Waals surface area contributed by atoms with Crippen molar-refractivity contribution in [1.82, 2.24) is 10.3 Å². The van der Waals surface area contributed by atoms with Crippen molar-refractivity contribution in [3.05, 3.63) is 40.7 Å². The number of carbonyl (C=O) groups excluding carboxylic acids is 1. The van der Waals surface area contributed by atoms with E-state index in [0.717, 1.165) is 12.8 Å². The molecule has 2 rings (SSSR count). The van der Waals surface area contributed by atoms with E-state index in [2.05, 4.69) is 10.3 Å². The summed E-state index contributed by atoms with van der Waals surface area (Å²) < 4.78 is 13.8. The number of benzene rings is 1. The molecule has 5 nitrogen and oxygen atoms in total. The minimum absolute atomic E-state index is 0.147. The van der Waals surface area contributed by atoms with Crippen LogP contribution in [0.4, 0.5) is 4.39 Å². The number of nitrogens with one attached hydrogen (secondary N) is 1. The van der Waals surface area contributed by atoms with E-state index in [4.69, 9.17) is 5.11 Å². The highest BCUT2D eigenvalue weighted by atomic mass is 32.1. The molecule has 2 aromatic rings. The van der Waals surface area contributed by atoms with E-state index in [0.29, 0.717) is 34.1 Å². The van der Waals surface area contributed by atoms with Crippen LogP contribution >= 0.6 is 11.3 Å². The Morgan fingerprint density at radius 2 is 2.00 bits per heavy atom. The Hall–Kier alpha value is -2.28. The molecule has 0 aliphatic heterocycles. The molecule has 0 bridgehead atoms. The van der Waals surface area contributed by atoms with Gasteiger partial charge in [0.1, 0.15) is 15.7 Å². The highest BCUT2D eigenvalue weighted by Gasteiger charge is 2.17. The van der Waals surface area contributed by atoms with E-state index < -0.39 is 5.97 Å². The quantitative estimate of drug-likeness (QED) is 0.713. The van der Waals surface area contributed by atoms with Crippen molar-refractivity contribution < 1.29 is 19.1 Å². The maximum atomic E-state index is 13.8. The third-order valence-electron chi connectivity index (χ3n) is 3.46. The van der Waals surface area contributed by atoms with Gasteiger partial charge < -0.3 is 10.4 Å². The monoisotopic (exact) mass is 350 g/mol. The van der Waals surface area contributed by atoms with E-state index in [1.165, 1.54) is 17.4 Å². The molecule has 0 saturated heterocycles. The number of aromatic nitrogens is 1. The zero-order chi connectivity index (χ0) is 17.5. The predicted octanol–water partition coefficient (Wildman–Crippen LogP) is 3.63. The van der Waals surface area contributed by atoms with Crippen molar-refractivity contribution in [2.45, 2.75) is 32.6 Å². The van der Waals surface area contributed by atoms with Crippen LogP contribution < -0.4 is 5.32 Å². The lowest BCUT2D eigenvalue weighted by atomic mass is 10.2. The normalized spacial score (nSPS) is 10.6. The number of hydrogen-bond donors (Lipinski definition) is 2. The number of carboxylic acids is 1. The number of unbranched alkanes of at least 4 members (excludes halogenated alkanes) is 2. The highest BCUT2D eigenvalue weighted by molar-refractivity contribution is 7.17. The maximum Gasteiger partial charge on any atom is 0.303 e. The molecule has 0 aliphatic rings. The summed E-state index contributed by atoms with van der Waals surface area (Å²) in [5, 5.41) is 11.8. The van der Waals surface area contributed by atoms with Gasteiger partial charge in [0.15, 0.2) is 0 Å². The third-order valence-corrected chi connectivity index (χ3v) is 4.65. The van der Waals surface area contributed by atoms with Gasteiger partial charge in [0.25, 0.3) is 5.91 Å². The van der Waals surface area contributed by atoms with Gasteiger partial charge in [-0.25, -0.2) is 9.37 Å². The second-order valence-corrected chi connectivity index (χ2v) is 6.37. The van der Waals surface area contributed by atoms with Gasteiger partial charge in [-0.3, -0.25) is 9.59 Å². The van der Waals surface area contributed by atoms with E-state index >= 15 is 0 Å². The van der Waals surface area contributed by atoms with Crippen LogP contribution in [0.5, 0.6) is 0 Å². The number of thiazole rings is 1. The molecule has 2 N–H and O–H groups in total. The third kappa shape index (κ3) is 4.86. The lowest BCUT2D eigenvalue weighted by molar-refractivity contribution is -0.137. The molecular weight excluding hydrogens is 331 g/mol. The Morgan fingerprint density at radius 3 is 2.71 bits per heavy atom. The van der Waals surface area contributed by atoms with E-state index in [1.807, 2.05) is 0 Å². The molecular formula is C17H19FN2O3S. The van der Waals surface area contributed by atoms with Gasteiger partial charge >= 0.3 is 5.97 Å². The van der Waals surface area contributed by atoms with Crippen molar-refractivity contribution in [1.29, 1.82) is 0 Å². The zero-order valence-corrected chi connectivity index (χ0v) is 14.2. The number of aliphatic carboxylic acids is 1. The maximum absolute atomic E-state index is 13.8. The Bertz CT molecular complexity index is 730. The van der Waals surface area contributed by atoms with Crippen LogP contribution in [-0.4, -0.2) is 28.5 Å². The first-order chi connectivity index (χ1) is 11.5. The number of carbonyl (C=O) groups is 2. The summed E-state index contributed by atoms with van der Waals surface area (Å²) in [6.07, 6.45) is 2.21. The van der Waals surface area contributed by atoms with Gasteiger partial charge in [-0.15, -0.1) is 11.3 Å².